The van der Waals surface area contributed by atoms with Crippen molar-refractivity contribution in [1.29, 1.82) is 0 Å². The lowest BCUT2D eigenvalue weighted by molar-refractivity contribution is -0.150. The first kappa shape index (κ1) is 10.6. The van der Waals surface area contributed by atoms with E-state index in [-0.39, 0.29) is 5.56 Å². The summed E-state index contributed by atoms with van der Waals surface area (Å²) in [6, 6.07) is 6.23. The van der Waals surface area contributed by atoms with E-state index in [1.54, 1.807) is 18.2 Å². The minimum Gasteiger partial charge on any atom is -0.480 e. The van der Waals surface area contributed by atoms with Crippen LogP contribution in [-0.2, 0) is 9.59 Å². The number of hydrogen-bond acceptors (Lipinski definition) is 3. The quantitative estimate of drug-likeness (QED) is 0.520. The number of benzene rings is 1. The number of carboxylic acids is 2. The molecule has 0 spiro atoms. The van der Waals surface area contributed by atoms with Gasteiger partial charge in [-0.25, -0.2) is 0 Å². The van der Waals surface area contributed by atoms with Crippen molar-refractivity contribution in [2.75, 3.05) is 0 Å². The molecule has 74 valence electrons. The van der Waals surface area contributed by atoms with E-state index in [1.807, 2.05) is 0 Å². The van der Waals surface area contributed by atoms with Gasteiger partial charge < -0.3 is 10.2 Å². The highest BCUT2D eigenvalue weighted by Crippen LogP contribution is 2.23. The molecule has 4 nitrogen and oxygen atoms in total. The van der Waals surface area contributed by atoms with Crippen molar-refractivity contribution in [3.63, 3.8) is 0 Å². The molecule has 0 unspecified atom stereocenters. The van der Waals surface area contributed by atoms with Gasteiger partial charge in [0, 0.05) is 4.90 Å². The third kappa shape index (κ3) is 2.05. The van der Waals surface area contributed by atoms with E-state index in [0.29, 0.717) is 4.90 Å². The van der Waals surface area contributed by atoms with E-state index in [1.165, 1.54) is 6.07 Å². The molecule has 0 radical (unpaired) electrons. The molecule has 1 rings (SSSR count). The van der Waals surface area contributed by atoms with Crippen LogP contribution in [0, 0.1) is 0 Å². The Morgan fingerprint density at radius 1 is 1.14 bits per heavy atom. The Labute approximate surface area is 85.6 Å². The van der Waals surface area contributed by atoms with Crippen LogP contribution in [0.2, 0.25) is 0 Å². The Hall–Kier alpha value is -1.49. The van der Waals surface area contributed by atoms with Crippen LogP contribution in [0.25, 0.3) is 0 Å². The molecule has 0 aromatic heterocycles. The van der Waals surface area contributed by atoms with E-state index < -0.39 is 17.9 Å². The Balaban J connectivity index is 3.18. The second kappa shape index (κ2) is 4.15. The van der Waals surface area contributed by atoms with Crippen molar-refractivity contribution in [2.24, 2.45) is 0 Å². The fourth-order valence-corrected chi connectivity index (χ4v) is 1.39. The molecule has 1 aromatic carbocycles. The Morgan fingerprint density at radius 3 is 2.07 bits per heavy atom. The molecule has 0 aliphatic heterocycles. The largest absolute Gasteiger partial charge is 0.480 e. The highest BCUT2D eigenvalue weighted by molar-refractivity contribution is 7.80. The fourth-order valence-electron chi connectivity index (χ4n) is 1.10. The maximum atomic E-state index is 10.7. The molecule has 0 heterocycles. The average molecular weight is 212 g/mol. The first-order chi connectivity index (χ1) is 6.54. The maximum absolute atomic E-state index is 10.7. The normalized spacial score (nSPS) is 10.1. The van der Waals surface area contributed by atoms with Crippen LogP contribution in [0.3, 0.4) is 0 Å². The molecule has 0 atom stereocenters. The van der Waals surface area contributed by atoms with Crippen LogP contribution < -0.4 is 0 Å². The van der Waals surface area contributed by atoms with Gasteiger partial charge in [0.05, 0.1) is 0 Å². The van der Waals surface area contributed by atoms with Gasteiger partial charge in [-0.1, -0.05) is 18.2 Å². The summed E-state index contributed by atoms with van der Waals surface area (Å²) in [4.78, 5) is 21.7. The third-order valence-corrected chi connectivity index (χ3v) is 2.15. The Bertz CT molecular complexity index is 361. The summed E-state index contributed by atoms with van der Waals surface area (Å²) in [5.74, 6) is -4.33. The predicted molar refractivity (Wildman–Crippen MR) is 51.7 cm³/mol. The highest BCUT2D eigenvalue weighted by Gasteiger charge is 2.28. The second-order valence-electron chi connectivity index (χ2n) is 2.67. The number of thiol groups is 1. The number of aliphatic carboxylic acids is 2. The van der Waals surface area contributed by atoms with Crippen LogP contribution >= 0.6 is 12.6 Å². The Kier molecular flexibility index (Phi) is 3.14. The van der Waals surface area contributed by atoms with Gasteiger partial charge in [-0.05, 0) is 11.6 Å². The van der Waals surface area contributed by atoms with Crippen LogP contribution in [0.5, 0.6) is 0 Å². The van der Waals surface area contributed by atoms with E-state index in [4.69, 9.17) is 10.2 Å². The zero-order valence-corrected chi connectivity index (χ0v) is 7.94. The van der Waals surface area contributed by atoms with E-state index in [0.717, 1.165) is 0 Å². The number of hydrogen-bond donors (Lipinski definition) is 3. The van der Waals surface area contributed by atoms with Crippen LogP contribution in [0.4, 0.5) is 0 Å². The topological polar surface area (TPSA) is 74.6 Å². The minimum atomic E-state index is -1.55. The lowest BCUT2D eigenvalue weighted by atomic mass is 10.00. The first-order valence-electron chi connectivity index (χ1n) is 3.77. The summed E-state index contributed by atoms with van der Waals surface area (Å²) < 4.78 is 0. The predicted octanol–water partition coefficient (Wildman–Crippen LogP) is 1.23. The molecule has 0 aliphatic rings. The Morgan fingerprint density at radius 2 is 1.64 bits per heavy atom. The molecule has 1 aromatic rings. The second-order valence-corrected chi connectivity index (χ2v) is 3.15. The lowest BCUT2D eigenvalue weighted by Gasteiger charge is -2.09. The van der Waals surface area contributed by atoms with Gasteiger partial charge in [-0.15, -0.1) is 12.6 Å². The van der Waals surface area contributed by atoms with Crippen LogP contribution in [0.15, 0.2) is 29.2 Å². The molecular formula is C9H8O4S. The summed E-state index contributed by atoms with van der Waals surface area (Å²) in [7, 11) is 0. The van der Waals surface area contributed by atoms with Crippen LogP contribution in [0.1, 0.15) is 11.5 Å². The van der Waals surface area contributed by atoms with Crippen molar-refractivity contribution in [3.8, 4) is 0 Å². The molecule has 0 bridgehead atoms. The standard InChI is InChI=1S/C9H8O4S/c10-8(11)7(9(12)13)5-3-1-2-4-6(5)14/h1-4,7,14H,(H,10,11)(H,12,13). The van der Waals surface area contributed by atoms with Crippen molar-refractivity contribution < 1.29 is 19.8 Å². The van der Waals surface area contributed by atoms with Crippen molar-refractivity contribution >= 4 is 24.6 Å². The minimum absolute atomic E-state index is 0.191. The zero-order chi connectivity index (χ0) is 10.7. The van der Waals surface area contributed by atoms with Crippen molar-refractivity contribution in [1.82, 2.24) is 0 Å². The van der Waals surface area contributed by atoms with Gasteiger partial charge in [0.1, 0.15) is 0 Å². The average Bonchev–Trinajstić information content (AvgIpc) is 2.07. The summed E-state index contributed by atoms with van der Waals surface area (Å²) in [6.45, 7) is 0. The molecule has 14 heavy (non-hydrogen) atoms. The number of carboxylic acid groups (broad SMARTS) is 2. The first-order valence-corrected chi connectivity index (χ1v) is 4.22. The fraction of sp³-hybridized carbons (Fsp3) is 0.111. The molecule has 0 fully saturated rings. The van der Waals surface area contributed by atoms with E-state index in [2.05, 4.69) is 12.6 Å². The molecule has 0 saturated carbocycles. The zero-order valence-electron chi connectivity index (χ0n) is 7.04. The van der Waals surface area contributed by atoms with Gasteiger partial charge in [-0.3, -0.25) is 9.59 Å². The lowest BCUT2D eigenvalue weighted by Crippen LogP contribution is -2.21. The summed E-state index contributed by atoms with van der Waals surface area (Å²) in [5, 5.41) is 17.4. The highest BCUT2D eigenvalue weighted by atomic mass is 32.1. The molecule has 0 saturated heterocycles. The van der Waals surface area contributed by atoms with Crippen LogP contribution in [-0.4, -0.2) is 22.2 Å². The molecule has 0 amide bonds. The molecular weight excluding hydrogens is 204 g/mol. The summed E-state index contributed by atoms with van der Waals surface area (Å²) in [5.41, 5.74) is 0.191. The van der Waals surface area contributed by atoms with Gasteiger partial charge in [0.15, 0.2) is 5.92 Å². The SMILES string of the molecule is O=C(O)C(C(=O)O)c1ccccc1S. The van der Waals surface area contributed by atoms with E-state index >= 15 is 0 Å². The van der Waals surface area contributed by atoms with Crippen molar-refractivity contribution in [2.45, 2.75) is 10.8 Å². The molecule has 2 N–H and O–H groups in total. The molecule has 0 aliphatic carbocycles. The van der Waals surface area contributed by atoms with E-state index in [9.17, 15) is 9.59 Å². The van der Waals surface area contributed by atoms with Gasteiger partial charge >= 0.3 is 11.9 Å². The summed E-state index contributed by atoms with van der Waals surface area (Å²) >= 11 is 4.00. The maximum Gasteiger partial charge on any atom is 0.322 e. The number of rotatable bonds is 3. The molecule has 5 heteroatoms. The monoisotopic (exact) mass is 212 g/mol. The van der Waals surface area contributed by atoms with Gasteiger partial charge in [0.2, 0.25) is 0 Å². The van der Waals surface area contributed by atoms with Crippen molar-refractivity contribution in [3.05, 3.63) is 29.8 Å². The van der Waals surface area contributed by atoms with Gasteiger partial charge in [-0.2, -0.15) is 0 Å². The van der Waals surface area contributed by atoms with Gasteiger partial charge in [0.25, 0.3) is 0 Å². The smallest absolute Gasteiger partial charge is 0.322 e. The number of carbonyl (C=O) groups is 2. The summed E-state index contributed by atoms with van der Waals surface area (Å²) in [6.07, 6.45) is 0. The third-order valence-electron chi connectivity index (χ3n) is 1.74.